The van der Waals surface area contributed by atoms with Crippen LogP contribution in [0, 0.1) is 0 Å². The lowest BCUT2D eigenvalue weighted by atomic mass is 10.1. The second kappa shape index (κ2) is 6.21. The van der Waals surface area contributed by atoms with Gasteiger partial charge in [-0.2, -0.15) is 10.1 Å². The molecule has 0 spiro atoms. The molecule has 2 aliphatic rings. The van der Waals surface area contributed by atoms with E-state index in [2.05, 4.69) is 37.4 Å². The molecule has 4 rings (SSSR count). The molecule has 9 heteroatoms. The third-order valence-electron chi connectivity index (χ3n) is 4.62. The number of alkyl halides is 2. The average Bonchev–Trinajstić information content (AvgIpc) is 3.00. The van der Waals surface area contributed by atoms with E-state index in [1.807, 2.05) is 0 Å². The number of halogens is 2. The molecular weight excluding hydrogens is 330 g/mol. The van der Waals surface area contributed by atoms with Crippen LogP contribution in [-0.2, 0) is 0 Å². The van der Waals surface area contributed by atoms with Crippen LogP contribution in [0.15, 0.2) is 18.5 Å². The lowest BCUT2D eigenvalue weighted by Gasteiger charge is -2.28. The Morgan fingerprint density at radius 1 is 1.28 bits per heavy atom. The van der Waals surface area contributed by atoms with E-state index < -0.39 is 11.8 Å². The quantitative estimate of drug-likeness (QED) is 0.863. The van der Waals surface area contributed by atoms with Crippen LogP contribution in [0.25, 0.3) is 0 Å². The summed E-state index contributed by atoms with van der Waals surface area (Å²) in [4.78, 5) is 10.8. The number of hydrogen-bond acceptors (Lipinski definition) is 6. The highest BCUT2D eigenvalue weighted by atomic mass is 19.3. The summed E-state index contributed by atoms with van der Waals surface area (Å²) < 4.78 is 32.1. The Labute approximate surface area is 143 Å². The summed E-state index contributed by atoms with van der Waals surface area (Å²) in [7, 11) is 2.09. The predicted molar refractivity (Wildman–Crippen MR) is 87.4 cm³/mol. The molecule has 1 aliphatic heterocycles. The summed E-state index contributed by atoms with van der Waals surface area (Å²) in [6, 6.07) is 1.58. The Kier molecular flexibility index (Phi) is 4.03. The zero-order valence-corrected chi connectivity index (χ0v) is 13.9. The molecule has 2 aromatic heterocycles. The highest BCUT2D eigenvalue weighted by Crippen LogP contribution is 2.55. The summed E-state index contributed by atoms with van der Waals surface area (Å²) in [5, 5.41) is 9.63. The molecule has 0 radical (unpaired) electrons. The van der Waals surface area contributed by atoms with Crippen molar-refractivity contribution >= 4 is 11.6 Å². The van der Waals surface area contributed by atoms with Crippen LogP contribution in [0.1, 0.15) is 30.9 Å². The van der Waals surface area contributed by atoms with Crippen molar-refractivity contribution in [3.8, 4) is 5.88 Å². The van der Waals surface area contributed by atoms with Crippen LogP contribution in [0.2, 0.25) is 0 Å². The van der Waals surface area contributed by atoms with Crippen LogP contribution >= 0.6 is 0 Å². The summed E-state index contributed by atoms with van der Waals surface area (Å²) >= 11 is 0. The van der Waals surface area contributed by atoms with E-state index in [0.29, 0.717) is 23.2 Å². The fourth-order valence-corrected chi connectivity index (χ4v) is 3.00. The Hall–Kier alpha value is -2.29. The highest BCUT2D eigenvalue weighted by molar-refractivity contribution is 5.52. The first kappa shape index (κ1) is 16.2. The number of piperidine rings is 1. The Morgan fingerprint density at radius 3 is 2.76 bits per heavy atom. The largest absolute Gasteiger partial charge is 0.473 e. The molecule has 2 N–H and O–H groups in total. The van der Waals surface area contributed by atoms with E-state index >= 15 is 0 Å². The molecule has 0 aromatic carbocycles. The first-order chi connectivity index (χ1) is 12.0. The number of aromatic nitrogens is 4. The van der Waals surface area contributed by atoms with Crippen molar-refractivity contribution in [1.29, 1.82) is 0 Å². The Morgan fingerprint density at radius 2 is 2.04 bits per heavy atom. The summed E-state index contributed by atoms with van der Waals surface area (Å²) in [6.45, 7) is 2.00. The number of hydrogen-bond donors (Lipinski definition) is 2. The summed E-state index contributed by atoms with van der Waals surface area (Å²) in [5.74, 6) is -2.04. The fraction of sp³-hybridized carbons (Fsp3) is 0.562. The number of aromatic amines is 1. The fourth-order valence-electron chi connectivity index (χ4n) is 3.00. The minimum Gasteiger partial charge on any atom is -0.473 e. The molecule has 3 heterocycles. The maximum Gasteiger partial charge on any atom is 0.257 e. The van der Waals surface area contributed by atoms with Gasteiger partial charge >= 0.3 is 0 Å². The van der Waals surface area contributed by atoms with E-state index in [0.717, 1.165) is 25.9 Å². The van der Waals surface area contributed by atoms with Crippen molar-refractivity contribution in [2.45, 2.75) is 37.2 Å². The second-order valence-electron chi connectivity index (χ2n) is 6.71. The van der Waals surface area contributed by atoms with Crippen LogP contribution < -0.4 is 10.1 Å². The van der Waals surface area contributed by atoms with Crippen molar-refractivity contribution in [2.24, 2.45) is 0 Å². The Bertz CT molecular complexity index is 744. The van der Waals surface area contributed by atoms with Gasteiger partial charge in [-0.3, -0.25) is 10.1 Å². The first-order valence-corrected chi connectivity index (χ1v) is 8.37. The molecule has 1 aliphatic carbocycles. The van der Waals surface area contributed by atoms with Crippen molar-refractivity contribution in [3.05, 3.63) is 24.2 Å². The number of ether oxygens (including phenoxy) is 1. The molecular formula is C16H20F2N6O. The SMILES string of the molecule is CN1CCC(Oc2cncc(Nc3cc([C@H]4CC4(F)F)[nH]n3)n2)CC1. The molecule has 134 valence electrons. The van der Waals surface area contributed by atoms with Gasteiger partial charge in [0.15, 0.2) is 11.6 Å². The van der Waals surface area contributed by atoms with Gasteiger partial charge in [0.2, 0.25) is 5.88 Å². The van der Waals surface area contributed by atoms with E-state index in [1.54, 1.807) is 18.5 Å². The van der Waals surface area contributed by atoms with Crippen LogP contribution in [0.4, 0.5) is 20.4 Å². The normalized spacial score (nSPS) is 23.4. The zero-order valence-electron chi connectivity index (χ0n) is 13.9. The van der Waals surface area contributed by atoms with E-state index in [4.69, 9.17) is 4.74 Å². The van der Waals surface area contributed by atoms with Crippen molar-refractivity contribution in [2.75, 3.05) is 25.5 Å². The van der Waals surface area contributed by atoms with Crippen LogP contribution in [-0.4, -0.2) is 57.2 Å². The van der Waals surface area contributed by atoms with E-state index in [1.165, 1.54) is 0 Å². The highest BCUT2D eigenvalue weighted by Gasteiger charge is 2.58. The first-order valence-electron chi connectivity index (χ1n) is 8.37. The summed E-state index contributed by atoms with van der Waals surface area (Å²) in [5.41, 5.74) is 0.430. The average molecular weight is 350 g/mol. The smallest absolute Gasteiger partial charge is 0.257 e. The number of likely N-dealkylation sites (tertiary alicyclic amines) is 1. The molecule has 2 aromatic rings. The molecule has 1 saturated carbocycles. The number of H-pyrrole nitrogens is 1. The van der Waals surface area contributed by atoms with Crippen molar-refractivity contribution < 1.29 is 13.5 Å². The van der Waals surface area contributed by atoms with Crippen LogP contribution in [0.3, 0.4) is 0 Å². The van der Waals surface area contributed by atoms with Gasteiger partial charge < -0.3 is 15.0 Å². The number of nitrogens with zero attached hydrogens (tertiary/aromatic N) is 4. The molecule has 0 bridgehead atoms. The van der Waals surface area contributed by atoms with Crippen molar-refractivity contribution in [3.63, 3.8) is 0 Å². The van der Waals surface area contributed by atoms with Gasteiger partial charge in [-0.25, -0.2) is 8.78 Å². The minimum atomic E-state index is -2.62. The molecule has 1 saturated heterocycles. The predicted octanol–water partition coefficient (Wildman–Crippen LogP) is 2.54. The second-order valence-corrected chi connectivity index (χ2v) is 6.71. The van der Waals surface area contributed by atoms with Gasteiger partial charge in [-0.1, -0.05) is 0 Å². The third kappa shape index (κ3) is 3.71. The number of rotatable bonds is 5. The molecule has 2 fully saturated rings. The van der Waals surface area contributed by atoms with Gasteiger partial charge in [0, 0.05) is 31.3 Å². The minimum absolute atomic E-state index is 0.131. The van der Waals surface area contributed by atoms with Gasteiger partial charge in [0.25, 0.3) is 5.92 Å². The zero-order chi connectivity index (χ0) is 17.4. The Balaban J connectivity index is 1.38. The van der Waals surface area contributed by atoms with E-state index in [-0.39, 0.29) is 12.5 Å². The summed E-state index contributed by atoms with van der Waals surface area (Å²) in [6.07, 6.45) is 5.03. The van der Waals surface area contributed by atoms with Gasteiger partial charge in [0.05, 0.1) is 18.3 Å². The lowest BCUT2D eigenvalue weighted by molar-refractivity contribution is 0.109. The van der Waals surface area contributed by atoms with Crippen molar-refractivity contribution in [1.82, 2.24) is 25.1 Å². The molecule has 1 atom stereocenters. The molecule has 25 heavy (non-hydrogen) atoms. The topological polar surface area (TPSA) is 79.0 Å². The molecule has 0 unspecified atom stereocenters. The third-order valence-corrected chi connectivity index (χ3v) is 4.62. The van der Waals surface area contributed by atoms with E-state index in [9.17, 15) is 8.78 Å². The van der Waals surface area contributed by atoms with Crippen LogP contribution in [0.5, 0.6) is 5.88 Å². The maximum atomic E-state index is 13.1. The monoisotopic (exact) mass is 350 g/mol. The lowest BCUT2D eigenvalue weighted by Crippen LogP contribution is -2.35. The number of anilines is 2. The number of nitrogens with one attached hydrogen (secondary N) is 2. The van der Waals surface area contributed by atoms with Gasteiger partial charge in [-0.15, -0.1) is 0 Å². The molecule has 0 amide bonds. The van der Waals surface area contributed by atoms with Gasteiger partial charge in [0.1, 0.15) is 6.10 Å². The molecule has 7 nitrogen and oxygen atoms in total. The standard InChI is InChI=1S/C16H20F2N6O/c1-24-4-2-10(3-5-24)25-15-9-19-8-14(21-15)20-13-6-12(22-23-13)11-7-16(11,17)18/h6,8-11H,2-5,7H2,1H3,(H2,20,21,22,23)/t11-/m1/s1. The maximum absolute atomic E-state index is 13.1. The van der Waals surface area contributed by atoms with Gasteiger partial charge in [-0.05, 0) is 19.9 Å².